The van der Waals surface area contributed by atoms with Gasteiger partial charge in [0.25, 0.3) is 0 Å². The largest absolute Gasteiger partial charge is 0.497 e. The fraction of sp³-hybridized carbons (Fsp3) is 0.250. The number of thiazole rings is 1. The Hall–Kier alpha value is -2.98. The van der Waals surface area contributed by atoms with Crippen molar-refractivity contribution in [1.29, 1.82) is 0 Å². The summed E-state index contributed by atoms with van der Waals surface area (Å²) in [5.74, 6) is 1.02. The van der Waals surface area contributed by atoms with Gasteiger partial charge in [0.05, 0.1) is 36.4 Å². The minimum absolute atomic E-state index is 0.0600. The number of aliphatic hydroxyl groups is 1. The molecule has 0 aliphatic rings. The van der Waals surface area contributed by atoms with E-state index in [1.54, 1.807) is 26.5 Å². The van der Waals surface area contributed by atoms with Gasteiger partial charge in [0, 0.05) is 42.3 Å². The maximum atomic E-state index is 15.4. The first-order chi connectivity index (χ1) is 18.5. The summed E-state index contributed by atoms with van der Waals surface area (Å²) in [5, 5.41) is 15.8. The molecule has 0 amide bonds. The predicted molar refractivity (Wildman–Crippen MR) is 154 cm³/mol. The van der Waals surface area contributed by atoms with E-state index in [-0.39, 0.29) is 12.5 Å². The molecule has 4 rings (SSSR count). The summed E-state index contributed by atoms with van der Waals surface area (Å²) in [4.78, 5) is 4.81. The van der Waals surface area contributed by atoms with Crippen molar-refractivity contribution in [3.8, 4) is 11.5 Å². The summed E-state index contributed by atoms with van der Waals surface area (Å²) >= 11 is 9.28. The lowest BCUT2D eigenvalue weighted by atomic mass is 9.96. The van der Waals surface area contributed by atoms with Crippen molar-refractivity contribution in [2.45, 2.75) is 23.8 Å². The molecule has 1 unspecified atom stereocenters. The summed E-state index contributed by atoms with van der Waals surface area (Å²) in [6, 6.07) is 18.6. The van der Waals surface area contributed by atoms with Crippen LogP contribution in [0.2, 0.25) is 5.02 Å². The minimum Gasteiger partial charge on any atom is -0.497 e. The summed E-state index contributed by atoms with van der Waals surface area (Å²) in [6.45, 7) is 0.992. The lowest BCUT2D eigenvalue weighted by Crippen LogP contribution is -2.16. The number of hydrogen-bond acceptors (Lipinski definition) is 8. The van der Waals surface area contributed by atoms with Crippen molar-refractivity contribution in [2.24, 2.45) is 0 Å². The Morgan fingerprint density at radius 2 is 1.95 bits per heavy atom. The molecular weight excluding hydrogens is 545 g/mol. The van der Waals surface area contributed by atoms with Crippen LogP contribution >= 0.6 is 34.9 Å². The van der Waals surface area contributed by atoms with Gasteiger partial charge in [-0.25, -0.2) is 9.37 Å². The molecule has 0 saturated carbocycles. The fourth-order valence-corrected chi connectivity index (χ4v) is 5.94. The number of nitrogens with one attached hydrogen (secondary N) is 1. The van der Waals surface area contributed by atoms with Gasteiger partial charge in [-0.15, -0.1) is 11.3 Å². The molecule has 3 aromatic carbocycles. The van der Waals surface area contributed by atoms with Gasteiger partial charge in [-0.2, -0.15) is 0 Å². The zero-order chi connectivity index (χ0) is 26.9. The third-order valence-corrected chi connectivity index (χ3v) is 8.21. The zero-order valence-corrected chi connectivity index (χ0v) is 23.5. The first-order valence-corrected chi connectivity index (χ1v) is 14.0. The molecule has 0 aliphatic carbocycles. The molecule has 200 valence electrons. The summed E-state index contributed by atoms with van der Waals surface area (Å²) in [6.07, 6.45) is 2.30. The Morgan fingerprint density at radius 3 is 2.63 bits per heavy atom. The van der Waals surface area contributed by atoms with Crippen LogP contribution in [0.3, 0.4) is 0 Å². The quantitative estimate of drug-likeness (QED) is 0.163. The van der Waals surface area contributed by atoms with E-state index in [9.17, 15) is 5.11 Å². The Kier molecular flexibility index (Phi) is 10.1. The van der Waals surface area contributed by atoms with Gasteiger partial charge in [-0.1, -0.05) is 41.9 Å². The number of nitrogens with zero attached hydrogens (tertiary/aromatic N) is 2. The molecule has 10 heteroatoms. The molecule has 0 spiro atoms. The zero-order valence-electron chi connectivity index (χ0n) is 21.1. The first-order valence-electron chi connectivity index (χ1n) is 12.0. The van der Waals surface area contributed by atoms with Crippen LogP contribution in [-0.2, 0) is 6.54 Å². The Labute approximate surface area is 235 Å². The normalized spacial score (nSPS) is 11.7. The van der Waals surface area contributed by atoms with Crippen LogP contribution in [0.5, 0.6) is 11.5 Å². The van der Waals surface area contributed by atoms with E-state index >= 15 is 4.39 Å². The van der Waals surface area contributed by atoms with Gasteiger partial charge in [0.1, 0.15) is 17.3 Å². The highest BCUT2D eigenvalue weighted by molar-refractivity contribution is 8.00. The highest BCUT2D eigenvalue weighted by Gasteiger charge is 2.19. The van der Waals surface area contributed by atoms with E-state index in [4.69, 9.17) is 21.1 Å². The summed E-state index contributed by atoms with van der Waals surface area (Å²) in [5.41, 5.74) is 2.51. The molecule has 0 fully saturated rings. The number of methoxy groups -OCH3 is 2. The minimum atomic E-state index is -0.399. The van der Waals surface area contributed by atoms with E-state index in [0.29, 0.717) is 46.6 Å². The molecule has 0 aliphatic heterocycles. The van der Waals surface area contributed by atoms with Gasteiger partial charge in [0.2, 0.25) is 0 Å². The number of aliphatic hydroxyl groups excluding tert-OH is 1. The van der Waals surface area contributed by atoms with Crippen LogP contribution in [0.1, 0.15) is 23.5 Å². The molecule has 0 bridgehead atoms. The second kappa shape index (κ2) is 13.7. The van der Waals surface area contributed by atoms with Crippen molar-refractivity contribution in [3.63, 3.8) is 0 Å². The van der Waals surface area contributed by atoms with Crippen LogP contribution in [0, 0.1) is 5.82 Å². The van der Waals surface area contributed by atoms with Crippen LogP contribution in [0.15, 0.2) is 77.1 Å². The van der Waals surface area contributed by atoms with Crippen LogP contribution < -0.4 is 19.1 Å². The number of ether oxygens (including phenoxy) is 2. The van der Waals surface area contributed by atoms with Gasteiger partial charge in [-0.3, -0.25) is 4.31 Å². The average molecular weight is 574 g/mol. The number of hydrogen-bond donors (Lipinski definition) is 2. The first kappa shape index (κ1) is 28.0. The Morgan fingerprint density at radius 1 is 1.13 bits per heavy atom. The molecule has 2 N–H and O–H groups in total. The maximum Gasteiger partial charge on any atom is 0.195 e. The smallest absolute Gasteiger partial charge is 0.195 e. The van der Waals surface area contributed by atoms with E-state index in [1.165, 1.54) is 29.4 Å². The lowest BCUT2D eigenvalue weighted by molar-refractivity contribution is 0.277. The van der Waals surface area contributed by atoms with Gasteiger partial charge in [-0.05, 0) is 48.2 Å². The Balaban J connectivity index is 1.53. The molecule has 0 radical (unpaired) electrons. The third kappa shape index (κ3) is 7.11. The van der Waals surface area contributed by atoms with E-state index in [2.05, 4.69) is 10.3 Å². The molecule has 4 aromatic rings. The molecule has 1 heterocycles. The lowest BCUT2D eigenvalue weighted by Gasteiger charge is -2.23. The second-order valence-electron chi connectivity index (χ2n) is 8.38. The van der Waals surface area contributed by atoms with E-state index in [1.807, 2.05) is 58.2 Å². The molecule has 6 nitrogen and oxygen atoms in total. The summed E-state index contributed by atoms with van der Waals surface area (Å²) < 4.78 is 28.1. The van der Waals surface area contributed by atoms with Crippen LogP contribution in [0.25, 0.3) is 0 Å². The van der Waals surface area contributed by atoms with Crippen molar-refractivity contribution in [1.82, 2.24) is 4.98 Å². The maximum absolute atomic E-state index is 15.4. The Bertz CT molecular complexity index is 1310. The third-order valence-electron chi connectivity index (χ3n) is 5.96. The van der Waals surface area contributed by atoms with Gasteiger partial charge >= 0.3 is 0 Å². The van der Waals surface area contributed by atoms with Gasteiger partial charge in [0.15, 0.2) is 5.13 Å². The number of halogens is 2. The molecule has 1 aromatic heterocycles. The topological polar surface area (TPSA) is 66.9 Å². The number of benzene rings is 3. The number of anilines is 2. The van der Waals surface area contributed by atoms with Crippen LogP contribution in [0.4, 0.5) is 15.2 Å². The standard InChI is InChI=1S/C28H29ClFN3O3S2/c1-35-22-9-8-21(26(14-22)36-2)18-33(28-31-11-13-37-28)38-27-15-23(29)25(16-24(27)30)32-17-20(10-12-34)19-6-4-3-5-7-19/h3-9,11,13-16,20,32,34H,10,12,17-18H2,1-2H3. The summed E-state index contributed by atoms with van der Waals surface area (Å²) in [7, 11) is 3.21. The average Bonchev–Trinajstić information content (AvgIpc) is 3.48. The number of aromatic nitrogens is 1. The monoisotopic (exact) mass is 573 g/mol. The highest BCUT2D eigenvalue weighted by atomic mass is 35.5. The van der Waals surface area contributed by atoms with Crippen LogP contribution in [-0.4, -0.2) is 37.5 Å². The van der Waals surface area contributed by atoms with E-state index in [0.717, 1.165) is 16.3 Å². The SMILES string of the molecule is COc1ccc(CN(Sc2cc(Cl)c(NCC(CCO)c3ccccc3)cc2F)c2nccs2)c(OC)c1. The van der Waals surface area contributed by atoms with Crippen molar-refractivity contribution < 1.29 is 19.0 Å². The molecule has 38 heavy (non-hydrogen) atoms. The van der Waals surface area contributed by atoms with Gasteiger partial charge < -0.3 is 19.9 Å². The molecular formula is C28H29ClFN3O3S2. The molecule has 1 atom stereocenters. The highest BCUT2D eigenvalue weighted by Crippen LogP contribution is 2.38. The second-order valence-corrected chi connectivity index (χ2v) is 10.7. The van der Waals surface area contributed by atoms with Crippen molar-refractivity contribution in [3.05, 3.63) is 94.2 Å². The van der Waals surface area contributed by atoms with E-state index < -0.39 is 5.82 Å². The fourth-order valence-electron chi connectivity index (χ4n) is 3.97. The molecule has 0 saturated heterocycles. The number of rotatable bonds is 13. The predicted octanol–water partition coefficient (Wildman–Crippen LogP) is 7.24. The van der Waals surface area contributed by atoms with Crippen molar-refractivity contribution in [2.75, 3.05) is 37.0 Å². The van der Waals surface area contributed by atoms with Crippen molar-refractivity contribution >= 4 is 45.7 Å².